The molecule has 2 N–H and O–H groups in total. The third kappa shape index (κ3) is 6.55. The molecule has 0 unspecified atom stereocenters. The molecule has 3 aliphatic rings. The van der Waals surface area contributed by atoms with Crippen LogP contribution in [0.15, 0.2) is 36.4 Å². The molecule has 3 aromatic carbocycles. The van der Waals surface area contributed by atoms with Crippen LogP contribution in [0.4, 0.5) is 14.6 Å². The molecule has 3 saturated heterocycles. The molecule has 0 aliphatic carbocycles. The molecule has 0 amide bonds. The van der Waals surface area contributed by atoms with E-state index in [0.717, 1.165) is 56.5 Å². The zero-order valence-corrected chi connectivity index (χ0v) is 27.7. The molecule has 0 radical (unpaired) electrons. The fourth-order valence-electron chi connectivity index (χ4n) is 7.19. The third-order valence-corrected chi connectivity index (χ3v) is 9.38. The van der Waals surface area contributed by atoms with Gasteiger partial charge in [0.05, 0.1) is 25.4 Å². The van der Waals surface area contributed by atoms with Gasteiger partial charge in [-0.1, -0.05) is 25.1 Å². The third-order valence-electron chi connectivity index (χ3n) is 9.38. The van der Waals surface area contributed by atoms with Crippen molar-refractivity contribution < 1.29 is 23.4 Å². The minimum Gasteiger partial charge on any atom is -0.508 e. The molecule has 2 bridgehead atoms. The van der Waals surface area contributed by atoms with E-state index in [2.05, 4.69) is 27.0 Å². The molecule has 0 spiro atoms. The zero-order valence-electron chi connectivity index (χ0n) is 26.1. The van der Waals surface area contributed by atoms with E-state index in [1.165, 1.54) is 12.1 Å². The van der Waals surface area contributed by atoms with Gasteiger partial charge in [-0.3, -0.25) is 4.90 Å². The number of morpholine rings is 1. The summed E-state index contributed by atoms with van der Waals surface area (Å²) in [7, 11) is 0. The number of aryl methyl sites for hydroxylation is 1. The molecule has 1 aromatic heterocycles. The number of nitrogens with one attached hydrogen (secondary N) is 1. The van der Waals surface area contributed by atoms with Gasteiger partial charge in [0.15, 0.2) is 5.82 Å². The lowest BCUT2D eigenvalue weighted by atomic mass is 9.92. The highest BCUT2D eigenvalue weighted by Crippen LogP contribution is 2.41. The number of anilines is 1. The zero-order chi connectivity index (χ0) is 30.4. The van der Waals surface area contributed by atoms with Gasteiger partial charge >= 0.3 is 6.01 Å². The molecule has 248 valence electrons. The van der Waals surface area contributed by atoms with Crippen molar-refractivity contribution >= 4 is 52.3 Å². The van der Waals surface area contributed by atoms with Gasteiger partial charge in [0.1, 0.15) is 22.9 Å². The van der Waals surface area contributed by atoms with E-state index in [1.54, 1.807) is 6.07 Å². The molecular formula is C34H41Cl2F2N5O3. The molecule has 46 heavy (non-hydrogen) atoms. The highest BCUT2D eigenvalue weighted by Gasteiger charge is 2.34. The average Bonchev–Trinajstić information content (AvgIpc) is 3.36. The van der Waals surface area contributed by atoms with Crippen molar-refractivity contribution in [1.82, 2.24) is 20.2 Å². The lowest BCUT2D eigenvalue weighted by Gasteiger charge is -2.34. The SMILES string of the molecule is CCc1cccc2cc(O)cc(-c3c(F)cc4c(N5C[C@H]6CC[C@@H](C5)N6)nc(OCCCN5CCOC[C@H]5C)nc4c3F)c12.Cl.Cl. The number of rotatable bonds is 8. The van der Waals surface area contributed by atoms with Gasteiger partial charge in [-0.25, -0.2) is 8.78 Å². The van der Waals surface area contributed by atoms with Crippen LogP contribution in [0, 0.1) is 11.6 Å². The highest BCUT2D eigenvalue weighted by molar-refractivity contribution is 6.03. The van der Waals surface area contributed by atoms with Crippen LogP contribution in [-0.4, -0.2) is 84.1 Å². The summed E-state index contributed by atoms with van der Waals surface area (Å²) in [5, 5.41) is 15.9. The number of phenolic OH excluding ortho intramolecular Hbond substituents is 1. The second-order valence-corrected chi connectivity index (χ2v) is 12.3. The van der Waals surface area contributed by atoms with Crippen molar-refractivity contribution in [2.75, 3.05) is 50.9 Å². The van der Waals surface area contributed by atoms with Crippen molar-refractivity contribution in [3.63, 3.8) is 0 Å². The number of aromatic nitrogens is 2. The van der Waals surface area contributed by atoms with Gasteiger partial charge in [0, 0.05) is 49.7 Å². The number of phenols is 1. The fourth-order valence-corrected chi connectivity index (χ4v) is 7.19. The molecule has 8 nitrogen and oxygen atoms in total. The van der Waals surface area contributed by atoms with Crippen molar-refractivity contribution in [3.8, 4) is 22.9 Å². The summed E-state index contributed by atoms with van der Waals surface area (Å²) in [6.45, 7) is 9.08. The molecule has 0 saturated carbocycles. The Morgan fingerprint density at radius 3 is 2.61 bits per heavy atom. The quantitative estimate of drug-likeness (QED) is 0.212. The number of ether oxygens (including phenoxy) is 2. The predicted molar refractivity (Wildman–Crippen MR) is 182 cm³/mol. The minimum absolute atomic E-state index is 0. The Bertz CT molecular complexity index is 1700. The summed E-state index contributed by atoms with van der Waals surface area (Å²) in [5.74, 6) is -1.07. The van der Waals surface area contributed by atoms with Crippen LogP contribution < -0.4 is 15.0 Å². The molecular weight excluding hydrogens is 635 g/mol. The number of piperazine rings is 1. The summed E-state index contributed by atoms with van der Waals surface area (Å²) < 4.78 is 44.6. The van der Waals surface area contributed by atoms with Crippen molar-refractivity contribution in [2.24, 2.45) is 0 Å². The summed E-state index contributed by atoms with van der Waals surface area (Å²) >= 11 is 0. The van der Waals surface area contributed by atoms with Crippen molar-refractivity contribution in [2.45, 2.75) is 57.7 Å². The van der Waals surface area contributed by atoms with Crippen LogP contribution in [0.3, 0.4) is 0 Å². The van der Waals surface area contributed by atoms with E-state index in [9.17, 15) is 5.11 Å². The first-order valence-corrected chi connectivity index (χ1v) is 15.8. The van der Waals surface area contributed by atoms with Gasteiger partial charge in [0.2, 0.25) is 0 Å². The monoisotopic (exact) mass is 675 g/mol. The lowest BCUT2D eigenvalue weighted by Crippen LogP contribution is -2.51. The number of aromatic hydroxyl groups is 1. The molecule has 12 heteroatoms. The molecule has 3 atom stereocenters. The smallest absolute Gasteiger partial charge is 0.319 e. The number of hydrogen-bond donors (Lipinski definition) is 2. The van der Waals surface area contributed by atoms with E-state index < -0.39 is 11.6 Å². The molecule has 4 heterocycles. The summed E-state index contributed by atoms with van der Waals surface area (Å²) in [6, 6.07) is 11.1. The number of hydrogen-bond acceptors (Lipinski definition) is 8. The largest absolute Gasteiger partial charge is 0.508 e. The second kappa shape index (κ2) is 14.4. The van der Waals surface area contributed by atoms with Gasteiger partial charge in [-0.05, 0) is 72.7 Å². The van der Waals surface area contributed by atoms with Gasteiger partial charge in [0.25, 0.3) is 0 Å². The first-order valence-electron chi connectivity index (χ1n) is 15.8. The molecule has 3 fully saturated rings. The van der Waals surface area contributed by atoms with Gasteiger partial charge in [-0.2, -0.15) is 9.97 Å². The Kier molecular flexibility index (Phi) is 10.7. The van der Waals surface area contributed by atoms with Crippen molar-refractivity contribution in [3.05, 3.63) is 53.6 Å². The standard InChI is InChI=1S/C34H39F2N5O3.2ClH/c1-3-21-6-4-7-22-14-25(42)15-26(29(21)22)30-28(35)16-27-32(31(30)36)38-34(44-12-5-10-40-11-13-43-19-20(40)2)39-33(27)41-17-23-8-9-24(18-41)37-23;;/h4,6-7,14-16,20,23-24,37,42H,3,5,8-13,17-19H2,1-2H3;2*1H/t20-,23-,24+;;/m1../s1. The summed E-state index contributed by atoms with van der Waals surface area (Å²) in [5.41, 5.74) is 1.04. The topological polar surface area (TPSA) is 83.0 Å². The highest BCUT2D eigenvalue weighted by atomic mass is 35.5. The normalized spacial score (nSPS) is 21.3. The van der Waals surface area contributed by atoms with Gasteiger partial charge < -0.3 is 24.8 Å². The molecule has 3 aliphatic heterocycles. The Labute approximate surface area is 280 Å². The number of halogens is 4. The Morgan fingerprint density at radius 1 is 1.09 bits per heavy atom. The van der Waals surface area contributed by atoms with Crippen LogP contribution in [0.1, 0.15) is 38.7 Å². The Hall–Kier alpha value is -3.02. The molecule has 4 aromatic rings. The van der Waals surface area contributed by atoms with E-state index in [4.69, 9.17) is 14.5 Å². The number of nitrogens with zero attached hydrogens (tertiary/aromatic N) is 4. The summed E-state index contributed by atoms with van der Waals surface area (Å²) in [6.07, 6.45) is 3.55. The fraction of sp³-hybridized carbons (Fsp3) is 0.471. The van der Waals surface area contributed by atoms with E-state index in [0.29, 0.717) is 66.4 Å². The van der Waals surface area contributed by atoms with Crippen molar-refractivity contribution in [1.29, 1.82) is 0 Å². The predicted octanol–water partition coefficient (Wildman–Crippen LogP) is 6.27. The second-order valence-electron chi connectivity index (χ2n) is 12.3. The van der Waals surface area contributed by atoms with Gasteiger partial charge in [-0.15, -0.1) is 24.8 Å². The summed E-state index contributed by atoms with van der Waals surface area (Å²) in [4.78, 5) is 13.8. The van der Waals surface area contributed by atoms with Crippen LogP contribution in [0.5, 0.6) is 11.8 Å². The number of fused-ring (bicyclic) bond motifs is 4. The van der Waals surface area contributed by atoms with Crippen LogP contribution in [-0.2, 0) is 11.2 Å². The van der Waals surface area contributed by atoms with E-state index in [1.807, 2.05) is 25.1 Å². The van der Waals surface area contributed by atoms with E-state index in [-0.39, 0.29) is 47.7 Å². The Morgan fingerprint density at radius 2 is 1.87 bits per heavy atom. The molecule has 7 rings (SSSR count). The number of benzene rings is 3. The first-order chi connectivity index (χ1) is 21.4. The minimum atomic E-state index is -0.786. The van der Waals surface area contributed by atoms with Crippen LogP contribution >= 0.6 is 24.8 Å². The lowest BCUT2D eigenvalue weighted by molar-refractivity contribution is -0.00211. The Balaban J connectivity index is 0.00000208. The maximum atomic E-state index is 16.8. The van der Waals surface area contributed by atoms with E-state index >= 15 is 8.78 Å². The average molecular weight is 677 g/mol. The van der Waals surface area contributed by atoms with Crippen LogP contribution in [0.2, 0.25) is 0 Å². The maximum Gasteiger partial charge on any atom is 0.319 e. The maximum absolute atomic E-state index is 16.8. The van der Waals surface area contributed by atoms with Crippen LogP contribution in [0.25, 0.3) is 32.8 Å². The first kappa shape index (κ1) is 34.3.